The first-order valence-corrected chi connectivity index (χ1v) is 11.5. The lowest BCUT2D eigenvalue weighted by atomic mass is 10.0. The summed E-state index contributed by atoms with van der Waals surface area (Å²) >= 11 is 0. The first kappa shape index (κ1) is 20.4. The maximum Gasteiger partial charge on any atom is 0.183 e. The summed E-state index contributed by atoms with van der Waals surface area (Å²) in [6, 6.07) is 8.79. The second-order valence-electron chi connectivity index (χ2n) is 7.36. The van der Waals surface area contributed by atoms with Gasteiger partial charge in [0.1, 0.15) is 0 Å². The van der Waals surface area contributed by atoms with E-state index in [4.69, 9.17) is 4.74 Å². The summed E-state index contributed by atoms with van der Waals surface area (Å²) < 4.78 is 31.6. The highest BCUT2D eigenvalue weighted by Crippen LogP contribution is 2.32. The molecule has 25 heavy (non-hydrogen) atoms. The van der Waals surface area contributed by atoms with Crippen LogP contribution in [0, 0.1) is 0 Å². The third-order valence-electron chi connectivity index (χ3n) is 5.28. The Morgan fingerprint density at radius 2 is 1.56 bits per heavy atom. The van der Waals surface area contributed by atoms with E-state index in [0.29, 0.717) is 11.3 Å². The van der Waals surface area contributed by atoms with Crippen LogP contribution in [-0.2, 0) is 14.6 Å². The van der Waals surface area contributed by atoms with E-state index in [9.17, 15) is 8.42 Å². The fourth-order valence-electron chi connectivity index (χ4n) is 3.75. The fourth-order valence-corrected chi connectivity index (χ4v) is 5.68. The molecule has 1 heterocycles. The summed E-state index contributed by atoms with van der Waals surface area (Å²) in [4.78, 5) is 0.420. The van der Waals surface area contributed by atoms with Gasteiger partial charge < -0.3 is 4.74 Å². The van der Waals surface area contributed by atoms with Crippen molar-refractivity contribution < 1.29 is 13.2 Å². The van der Waals surface area contributed by atoms with Crippen LogP contribution >= 0.6 is 0 Å². The lowest BCUT2D eigenvalue weighted by molar-refractivity contribution is 0.0499. The van der Waals surface area contributed by atoms with Crippen molar-refractivity contribution in [3.63, 3.8) is 0 Å². The largest absolute Gasteiger partial charge is 0.374 e. The van der Waals surface area contributed by atoms with Crippen LogP contribution in [0.25, 0.3) is 0 Å². The molecule has 142 valence electrons. The Kier molecular flexibility index (Phi) is 8.44. The molecule has 3 atom stereocenters. The number of benzene rings is 1. The van der Waals surface area contributed by atoms with E-state index >= 15 is 0 Å². The molecule has 0 radical (unpaired) electrons. The minimum atomic E-state index is -3.29. The van der Waals surface area contributed by atoms with Crippen molar-refractivity contribution >= 4 is 9.84 Å². The van der Waals surface area contributed by atoms with Gasteiger partial charge in [-0.3, -0.25) is 0 Å². The van der Waals surface area contributed by atoms with Crippen LogP contribution in [-0.4, -0.2) is 25.9 Å². The molecular weight excluding hydrogens is 332 g/mol. The minimum absolute atomic E-state index is 0.0959. The van der Waals surface area contributed by atoms with Gasteiger partial charge >= 0.3 is 0 Å². The lowest BCUT2D eigenvalue weighted by Gasteiger charge is -2.14. The van der Waals surface area contributed by atoms with Crippen molar-refractivity contribution in [2.24, 2.45) is 0 Å². The molecule has 0 N–H and O–H groups in total. The number of hydrogen-bond acceptors (Lipinski definition) is 3. The normalized spacial score (nSPS) is 23.8. The van der Waals surface area contributed by atoms with E-state index in [-0.39, 0.29) is 12.2 Å². The number of ether oxygens (including phenoxy) is 1. The monoisotopic (exact) mass is 366 g/mol. The molecule has 0 bridgehead atoms. The smallest absolute Gasteiger partial charge is 0.183 e. The second kappa shape index (κ2) is 10.3. The average Bonchev–Trinajstić information content (AvgIpc) is 2.99. The van der Waals surface area contributed by atoms with Crippen LogP contribution in [0.15, 0.2) is 35.2 Å². The zero-order valence-corrected chi connectivity index (χ0v) is 16.6. The van der Waals surface area contributed by atoms with Crippen LogP contribution in [0.3, 0.4) is 0 Å². The van der Waals surface area contributed by atoms with Gasteiger partial charge in [0.25, 0.3) is 0 Å². The van der Waals surface area contributed by atoms with Gasteiger partial charge in [0, 0.05) is 0 Å². The van der Waals surface area contributed by atoms with Crippen molar-refractivity contribution in [1.29, 1.82) is 0 Å². The van der Waals surface area contributed by atoms with Crippen LogP contribution in [0.2, 0.25) is 0 Å². The first-order chi connectivity index (χ1) is 12.1. The molecule has 1 aromatic carbocycles. The van der Waals surface area contributed by atoms with E-state index in [1.807, 2.05) is 13.0 Å². The quantitative estimate of drug-likeness (QED) is 0.483. The molecule has 1 aliphatic heterocycles. The fraction of sp³-hybridized carbons (Fsp3) is 0.714. The van der Waals surface area contributed by atoms with E-state index in [1.54, 1.807) is 24.3 Å². The molecule has 0 aromatic heterocycles. The highest BCUT2D eigenvalue weighted by molar-refractivity contribution is 7.92. The highest BCUT2D eigenvalue weighted by atomic mass is 32.2. The molecule has 0 aliphatic carbocycles. The Bertz CT molecular complexity index is 582. The summed E-state index contributed by atoms with van der Waals surface area (Å²) in [5.41, 5.74) is 0. The summed E-state index contributed by atoms with van der Waals surface area (Å²) in [6.45, 7) is 4.15. The highest BCUT2D eigenvalue weighted by Gasteiger charge is 2.41. The van der Waals surface area contributed by atoms with Crippen molar-refractivity contribution in [2.45, 2.75) is 100 Å². The predicted molar refractivity (Wildman–Crippen MR) is 104 cm³/mol. The van der Waals surface area contributed by atoms with Gasteiger partial charge in [0.15, 0.2) is 9.84 Å². The second-order valence-corrected chi connectivity index (χ2v) is 9.53. The zero-order chi connectivity index (χ0) is 18.1. The topological polar surface area (TPSA) is 43.4 Å². The molecule has 1 aliphatic rings. The van der Waals surface area contributed by atoms with Gasteiger partial charge in [0.05, 0.1) is 22.4 Å². The number of unbranched alkanes of at least 4 members (excludes halogenated alkanes) is 7. The third-order valence-corrected chi connectivity index (χ3v) is 7.58. The third kappa shape index (κ3) is 6.10. The first-order valence-electron chi connectivity index (χ1n) is 10.00. The maximum absolute atomic E-state index is 12.8. The van der Waals surface area contributed by atoms with Crippen molar-refractivity contribution in [2.75, 3.05) is 0 Å². The van der Waals surface area contributed by atoms with Crippen molar-refractivity contribution in [1.82, 2.24) is 0 Å². The van der Waals surface area contributed by atoms with Gasteiger partial charge in [-0.25, -0.2) is 8.42 Å². The van der Waals surface area contributed by atoms with Gasteiger partial charge in [-0.05, 0) is 31.9 Å². The van der Waals surface area contributed by atoms with Gasteiger partial charge in [-0.1, -0.05) is 76.5 Å². The van der Waals surface area contributed by atoms with Crippen LogP contribution in [0.5, 0.6) is 0 Å². The van der Waals surface area contributed by atoms with E-state index in [0.717, 1.165) is 12.8 Å². The maximum atomic E-state index is 12.8. The Labute approximate surface area is 154 Å². The van der Waals surface area contributed by atoms with E-state index < -0.39 is 15.1 Å². The van der Waals surface area contributed by atoms with E-state index in [2.05, 4.69) is 6.92 Å². The standard InChI is InChI=1S/C21H34O3S/c1-3-4-5-6-7-8-9-11-14-19-17-21(18(2)24-19)25(22,23)20-15-12-10-13-16-20/h10,12-13,15-16,18-19,21H,3-9,11,14,17H2,1-2H3/t18-,19-,21+/m0/s1. The molecule has 1 saturated heterocycles. The van der Waals surface area contributed by atoms with Gasteiger partial charge in [-0.2, -0.15) is 0 Å². The van der Waals surface area contributed by atoms with Crippen molar-refractivity contribution in [3.8, 4) is 0 Å². The van der Waals surface area contributed by atoms with E-state index in [1.165, 1.54) is 44.9 Å². The molecule has 3 nitrogen and oxygen atoms in total. The molecule has 4 heteroatoms. The number of rotatable bonds is 11. The zero-order valence-electron chi connectivity index (χ0n) is 15.8. The number of sulfone groups is 1. The predicted octanol–water partition coefficient (Wildman–Crippen LogP) is 5.54. The van der Waals surface area contributed by atoms with Crippen LogP contribution in [0.1, 0.15) is 78.1 Å². The van der Waals surface area contributed by atoms with Gasteiger partial charge in [-0.15, -0.1) is 0 Å². The molecule has 0 unspecified atom stereocenters. The van der Waals surface area contributed by atoms with Crippen molar-refractivity contribution in [3.05, 3.63) is 30.3 Å². The van der Waals surface area contributed by atoms with Crippen LogP contribution in [0.4, 0.5) is 0 Å². The van der Waals surface area contributed by atoms with Gasteiger partial charge in [0.2, 0.25) is 0 Å². The molecule has 0 saturated carbocycles. The number of hydrogen-bond donors (Lipinski definition) is 0. The Balaban J connectivity index is 1.72. The molecular formula is C21H34O3S. The Morgan fingerprint density at radius 3 is 2.20 bits per heavy atom. The minimum Gasteiger partial charge on any atom is -0.374 e. The molecule has 0 amide bonds. The summed E-state index contributed by atoms with van der Waals surface area (Å²) in [7, 11) is -3.29. The molecule has 1 aromatic rings. The molecule has 2 rings (SSSR count). The summed E-state index contributed by atoms with van der Waals surface area (Å²) in [5, 5.41) is -0.408. The summed E-state index contributed by atoms with van der Waals surface area (Å²) in [6.07, 6.45) is 11.8. The van der Waals surface area contributed by atoms with Crippen LogP contribution < -0.4 is 0 Å². The molecule has 0 spiro atoms. The Morgan fingerprint density at radius 1 is 0.960 bits per heavy atom. The molecule has 1 fully saturated rings. The summed E-state index contributed by atoms with van der Waals surface area (Å²) in [5.74, 6) is 0. The SMILES string of the molecule is CCCCCCCCCC[C@H]1C[C@@H](S(=O)(=O)c2ccccc2)[C@H](C)O1. The average molecular weight is 367 g/mol. The Hall–Kier alpha value is -0.870. The lowest BCUT2D eigenvalue weighted by Crippen LogP contribution is -2.28.